The first kappa shape index (κ1) is 26.5. The van der Waals surface area contributed by atoms with Crippen molar-refractivity contribution in [3.05, 3.63) is 83.1 Å². The van der Waals surface area contributed by atoms with E-state index in [1.807, 2.05) is 41.3 Å². The maximum atomic E-state index is 13.0. The molecule has 0 spiro atoms. The Labute approximate surface area is 240 Å². The molecule has 0 aliphatic carbocycles. The summed E-state index contributed by atoms with van der Waals surface area (Å²) < 4.78 is 7.74. The molecule has 0 bridgehead atoms. The number of amides is 4. The number of nitrogens with zero attached hydrogens (tertiary/aromatic N) is 5. The number of aromatic nitrogens is 3. The molecule has 0 saturated carbocycles. The lowest BCUT2D eigenvalue weighted by Crippen LogP contribution is -2.50. The molecular formula is C29H26ClN7O4. The summed E-state index contributed by atoms with van der Waals surface area (Å²) in [5, 5.41) is 5.76. The van der Waals surface area contributed by atoms with Crippen LogP contribution >= 0.6 is 11.6 Å². The van der Waals surface area contributed by atoms with Crippen molar-refractivity contribution in [2.45, 2.75) is 19.5 Å². The first-order valence-corrected chi connectivity index (χ1v) is 13.4. The van der Waals surface area contributed by atoms with Gasteiger partial charge < -0.3 is 14.6 Å². The van der Waals surface area contributed by atoms with E-state index in [1.165, 1.54) is 4.90 Å². The number of imidazole rings is 1. The molecule has 12 heteroatoms. The van der Waals surface area contributed by atoms with Crippen molar-refractivity contribution in [3.63, 3.8) is 0 Å². The fourth-order valence-corrected chi connectivity index (χ4v) is 5.10. The van der Waals surface area contributed by atoms with Gasteiger partial charge in [0.15, 0.2) is 11.6 Å². The first-order valence-electron chi connectivity index (χ1n) is 13.0. The number of carbonyl (C=O) groups excluding carboxylic acids is 3. The Morgan fingerprint density at radius 1 is 1.05 bits per heavy atom. The van der Waals surface area contributed by atoms with Gasteiger partial charge in [-0.05, 0) is 35.9 Å². The van der Waals surface area contributed by atoms with Gasteiger partial charge >= 0.3 is 6.03 Å². The maximum absolute atomic E-state index is 13.0. The highest BCUT2D eigenvalue weighted by Crippen LogP contribution is 2.33. The van der Waals surface area contributed by atoms with E-state index < -0.39 is 6.03 Å². The second kappa shape index (κ2) is 11.0. The van der Waals surface area contributed by atoms with Crippen LogP contribution in [0, 0.1) is 0 Å². The molecule has 6 rings (SSSR count). The van der Waals surface area contributed by atoms with Crippen LogP contribution in [0.25, 0.3) is 11.5 Å². The number of carbonyl (C=O) groups is 3. The minimum Gasteiger partial charge on any atom is -0.454 e. The number of rotatable bonds is 7. The van der Waals surface area contributed by atoms with Crippen LogP contribution in [-0.4, -0.2) is 50.4 Å². The molecule has 1 fully saturated rings. The van der Waals surface area contributed by atoms with Crippen LogP contribution in [0.1, 0.15) is 17.7 Å². The highest BCUT2D eigenvalue weighted by atomic mass is 35.5. The Balaban J connectivity index is 1.11. The number of halogens is 1. The summed E-state index contributed by atoms with van der Waals surface area (Å²) in [7, 11) is 1.81. The quantitative estimate of drug-likeness (QED) is 0.339. The molecule has 4 heterocycles. The summed E-state index contributed by atoms with van der Waals surface area (Å²) >= 11 is 6.24. The fourth-order valence-electron chi connectivity index (χ4n) is 4.93. The van der Waals surface area contributed by atoms with Crippen molar-refractivity contribution in [2.24, 2.45) is 7.05 Å². The summed E-state index contributed by atoms with van der Waals surface area (Å²) in [4.78, 5) is 49.6. The smallest absolute Gasteiger partial charge is 0.329 e. The molecule has 2 aromatic carbocycles. The van der Waals surface area contributed by atoms with E-state index in [4.69, 9.17) is 21.3 Å². The maximum Gasteiger partial charge on any atom is 0.329 e. The minimum atomic E-state index is -0.468. The molecular weight excluding hydrogens is 546 g/mol. The summed E-state index contributed by atoms with van der Waals surface area (Å²) in [5.41, 5.74) is 3.10. The standard InChI is InChI=1S/C29H26ClN7O4/c1-35-27(37-13-12-25(38)34-29(37)40)14-31-28(35)21-11-10-18-15-36(16-22(18)32-21)17-26(39)33-20-7-3-5-9-24(20)41-23-8-4-2-6-19(23)30/h2-11,14H,12-13,15-17H2,1H3,(H,33,39)(H,34,38,40). The van der Waals surface area contributed by atoms with Crippen molar-refractivity contribution >= 4 is 41.0 Å². The van der Waals surface area contributed by atoms with Crippen LogP contribution in [0.3, 0.4) is 0 Å². The summed E-state index contributed by atoms with van der Waals surface area (Å²) in [6.07, 6.45) is 1.83. The third kappa shape index (κ3) is 5.49. The molecule has 0 radical (unpaired) electrons. The average Bonchev–Trinajstić information content (AvgIpc) is 3.53. The van der Waals surface area contributed by atoms with Gasteiger partial charge in [0.1, 0.15) is 17.3 Å². The zero-order valence-corrected chi connectivity index (χ0v) is 22.9. The molecule has 208 valence electrons. The zero-order chi connectivity index (χ0) is 28.5. The number of fused-ring (bicyclic) bond motifs is 1. The van der Waals surface area contributed by atoms with Gasteiger partial charge in [-0.25, -0.2) is 14.8 Å². The fraction of sp³-hybridized carbons (Fsp3) is 0.207. The van der Waals surface area contributed by atoms with E-state index in [9.17, 15) is 14.4 Å². The van der Waals surface area contributed by atoms with Crippen LogP contribution < -0.4 is 20.3 Å². The largest absolute Gasteiger partial charge is 0.454 e. The number of benzene rings is 2. The number of nitrogens with one attached hydrogen (secondary N) is 2. The second-order valence-corrected chi connectivity index (χ2v) is 10.2. The van der Waals surface area contributed by atoms with Crippen molar-refractivity contribution in [1.29, 1.82) is 0 Å². The van der Waals surface area contributed by atoms with E-state index >= 15 is 0 Å². The van der Waals surface area contributed by atoms with Gasteiger partial charge in [-0.15, -0.1) is 0 Å². The van der Waals surface area contributed by atoms with Gasteiger partial charge in [0, 0.05) is 33.1 Å². The van der Waals surface area contributed by atoms with Gasteiger partial charge in [-0.3, -0.25) is 24.7 Å². The molecule has 2 aliphatic rings. The molecule has 11 nitrogen and oxygen atoms in total. The monoisotopic (exact) mass is 571 g/mol. The predicted molar refractivity (Wildman–Crippen MR) is 153 cm³/mol. The number of imide groups is 1. The number of ether oxygens (including phenoxy) is 1. The van der Waals surface area contributed by atoms with E-state index in [0.717, 1.165) is 11.3 Å². The Kier molecular flexibility index (Phi) is 7.12. The Morgan fingerprint density at radius 3 is 2.63 bits per heavy atom. The second-order valence-electron chi connectivity index (χ2n) is 9.78. The van der Waals surface area contributed by atoms with E-state index in [2.05, 4.69) is 15.6 Å². The van der Waals surface area contributed by atoms with Gasteiger partial charge in [-0.1, -0.05) is 41.9 Å². The van der Waals surface area contributed by atoms with Gasteiger partial charge in [-0.2, -0.15) is 0 Å². The van der Waals surface area contributed by atoms with Crippen LogP contribution in [0.5, 0.6) is 11.5 Å². The third-order valence-electron chi connectivity index (χ3n) is 6.94. The lowest BCUT2D eigenvalue weighted by Gasteiger charge is -2.26. The first-order chi connectivity index (χ1) is 19.9. The van der Waals surface area contributed by atoms with Gasteiger partial charge in [0.25, 0.3) is 0 Å². The molecule has 0 unspecified atom stereocenters. The normalized spacial score (nSPS) is 15.0. The van der Waals surface area contributed by atoms with Crippen molar-refractivity contribution < 1.29 is 19.1 Å². The molecule has 0 atom stereocenters. The lowest BCUT2D eigenvalue weighted by molar-refractivity contribution is -0.120. The Hall–Kier alpha value is -4.74. The van der Waals surface area contributed by atoms with E-state index in [-0.39, 0.29) is 31.3 Å². The SMILES string of the molecule is Cn1c(N2CCC(=O)NC2=O)cnc1-c1ccc2c(n1)CN(CC(=O)Nc1ccccc1Oc1ccccc1Cl)C2. The molecule has 4 amide bonds. The summed E-state index contributed by atoms with van der Waals surface area (Å²) in [5.74, 6) is 1.69. The number of pyridine rings is 1. The topological polar surface area (TPSA) is 122 Å². The molecule has 2 aliphatic heterocycles. The molecule has 2 N–H and O–H groups in total. The summed E-state index contributed by atoms with van der Waals surface area (Å²) in [6, 6.07) is 17.8. The molecule has 1 saturated heterocycles. The minimum absolute atomic E-state index is 0.168. The molecule has 41 heavy (non-hydrogen) atoms. The van der Waals surface area contributed by atoms with Crippen molar-refractivity contribution in [3.8, 4) is 23.0 Å². The van der Waals surface area contributed by atoms with Crippen LogP contribution in [-0.2, 0) is 29.7 Å². The Morgan fingerprint density at radius 2 is 1.83 bits per heavy atom. The van der Waals surface area contributed by atoms with Crippen molar-refractivity contribution in [1.82, 2.24) is 24.8 Å². The van der Waals surface area contributed by atoms with Gasteiger partial charge in [0.2, 0.25) is 11.8 Å². The Bertz CT molecular complexity index is 1670. The number of urea groups is 1. The average molecular weight is 572 g/mol. The van der Waals surface area contributed by atoms with E-state index in [1.54, 1.807) is 42.1 Å². The number of para-hydroxylation sites is 3. The number of anilines is 2. The van der Waals surface area contributed by atoms with Crippen LogP contribution in [0.2, 0.25) is 5.02 Å². The summed E-state index contributed by atoms with van der Waals surface area (Å²) in [6.45, 7) is 1.54. The number of hydrogen-bond acceptors (Lipinski definition) is 7. The van der Waals surface area contributed by atoms with Gasteiger partial charge in [0.05, 0.1) is 29.1 Å². The highest BCUT2D eigenvalue weighted by Gasteiger charge is 2.28. The molecule has 2 aromatic heterocycles. The number of hydrogen-bond donors (Lipinski definition) is 2. The lowest BCUT2D eigenvalue weighted by atomic mass is 10.2. The van der Waals surface area contributed by atoms with Crippen LogP contribution in [0.4, 0.5) is 16.3 Å². The van der Waals surface area contributed by atoms with Crippen LogP contribution in [0.15, 0.2) is 66.9 Å². The third-order valence-corrected chi connectivity index (χ3v) is 7.26. The zero-order valence-electron chi connectivity index (χ0n) is 22.1. The van der Waals surface area contributed by atoms with E-state index in [0.29, 0.717) is 52.6 Å². The molecule has 4 aromatic rings. The highest BCUT2D eigenvalue weighted by molar-refractivity contribution is 6.32. The predicted octanol–water partition coefficient (Wildman–Crippen LogP) is 4.33. The van der Waals surface area contributed by atoms with Crippen molar-refractivity contribution in [2.75, 3.05) is 23.3 Å².